The molecule has 0 radical (unpaired) electrons. The summed E-state index contributed by atoms with van der Waals surface area (Å²) in [6.07, 6.45) is 23.7. The first kappa shape index (κ1) is 34.2. The number of aliphatic hydroxyl groups is 1. The van der Waals surface area contributed by atoms with Crippen molar-refractivity contribution in [3.05, 3.63) is 0 Å². The molecule has 0 aliphatic carbocycles. The molecule has 208 valence electrons. The lowest BCUT2D eigenvalue weighted by molar-refractivity contribution is -0.594. The number of quaternary nitrogens is 1. The summed E-state index contributed by atoms with van der Waals surface area (Å²) in [7, 11) is 0. The molecule has 3 N–H and O–H groups in total. The maximum Gasteiger partial charge on any atom is 0.320 e. The standard InChI is InChI=1S/C30H58NO4/c1-3-5-7-9-11-13-14-16-18-20-22-28(30(35)31-24-26-33)29(34)27(23-25-32)21-19-17-15-12-10-8-6-4-2/h27-28,32H,3-26H2,1-2H3,(H,31,35)/q-1/p+1. The minimum Gasteiger partial charge on any atom is -0.850 e. The number of unbranched alkanes of at least 4 members (excludes halogenated alkanes) is 16. The number of carbonyl (C=O) groups excluding carboxylic acids is 2. The van der Waals surface area contributed by atoms with E-state index in [2.05, 4.69) is 13.8 Å². The largest absolute Gasteiger partial charge is 0.850 e. The van der Waals surface area contributed by atoms with E-state index in [9.17, 15) is 19.8 Å². The lowest BCUT2D eigenvalue weighted by Crippen LogP contribution is -2.91. The van der Waals surface area contributed by atoms with Crippen molar-refractivity contribution in [2.75, 3.05) is 19.8 Å². The van der Waals surface area contributed by atoms with Gasteiger partial charge in [-0.1, -0.05) is 136 Å². The number of ketones is 1. The number of primary amides is 1. The lowest BCUT2D eigenvalue weighted by atomic mass is 9.83. The van der Waals surface area contributed by atoms with Crippen LogP contribution in [0.15, 0.2) is 0 Å². The molecular formula is C30H59NO4. The van der Waals surface area contributed by atoms with Crippen LogP contribution in [0.2, 0.25) is 0 Å². The summed E-state index contributed by atoms with van der Waals surface area (Å²) < 4.78 is 0. The maximum absolute atomic E-state index is 13.3. The van der Waals surface area contributed by atoms with Gasteiger partial charge in [-0.15, -0.1) is 0 Å². The second kappa shape index (κ2) is 26.3. The molecule has 0 heterocycles. The smallest absolute Gasteiger partial charge is 0.320 e. The molecule has 2 atom stereocenters. The number of hydrogen-bond donors (Lipinski definition) is 2. The van der Waals surface area contributed by atoms with Crippen molar-refractivity contribution in [2.45, 2.75) is 149 Å². The first-order valence-corrected chi connectivity index (χ1v) is 15.2. The van der Waals surface area contributed by atoms with Crippen molar-refractivity contribution >= 4 is 11.7 Å². The molecule has 0 spiro atoms. The molecule has 0 fully saturated rings. The predicted octanol–water partition coefficient (Wildman–Crippen LogP) is 5.46. The zero-order valence-corrected chi connectivity index (χ0v) is 23.4. The molecule has 0 aromatic rings. The number of carbonyl (C=O) groups is 2. The zero-order chi connectivity index (χ0) is 26.0. The predicted molar refractivity (Wildman–Crippen MR) is 144 cm³/mol. The van der Waals surface area contributed by atoms with Gasteiger partial charge in [-0.2, -0.15) is 0 Å². The van der Waals surface area contributed by atoms with Crippen LogP contribution in [0.1, 0.15) is 149 Å². The summed E-state index contributed by atoms with van der Waals surface area (Å²) in [5, 5.41) is 21.9. The van der Waals surface area contributed by atoms with E-state index >= 15 is 0 Å². The quantitative estimate of drug-likeness (QED) is 0.116. The first-order valence-electron chi connectivity index (χ1n) is 15.2. The average molecular weight is 498 g/mol. The van der Waals surface area contributed by atoms with Gasteiger partial charge in [-0.3, -0.25) is 10.1 Å². The molecule has 0 aliphatic heterocycles. The Bertz CT molecular complexity index is 483. The van der Waals surface area contributed by atoms with E-state index < -0.39 is 5.92 Å². The average Bonchev–Trinajstić information content (AvgIpc) is 2.86. The van der Waals surface area contributed by atoms with Crippen molar-refractivity contribution in [1.29, 1.82) is 0 Å². The summed E-state index contributed by atoms with van der Waals surface area (Å²) in [4.78, 5) is 26.1. The van der Waals surface area contributed by atoms with Crippen molar-refractivity contribution < 1.29 is 25.1 Å². The van der Waals surface area contributed by atoms with Crippen LogP contribution in [0.25, 0.3) is 0 Å². The van der Waals surface area contributed by atoms with Crippen LogP contribution in [0.4, 0.5) is 0 Å². The third-order valence-electron chi connectivity index (χ3n) is 7.28. The number of Topliss-reactive ketones (excluding diaryl/α,β-unsaturated/α-hetero) is 1. The lowest BCUT2D eigenvalue weighted by Gasteiger charge is -2.20. The molecule has 0 saturated carbocycles. The minimum atomic E-state index is -0.624. The van der Waals surface area contributed by atoms with E-state index in [0.717, 1.165) is 38.5 Å². The fourth-order valence-corrected chi connectivity index (χ4v) is 5.00. The van der Waals surface area contributed by atoms with E-state index in [1.54, 1.807) is 0 Å². The molecule has 0 aromatic heterocycles. The van der Waals surface area contributed by atoms with E-state index in [1.807, 2.05) is 0 Å². The molecule has 0 bridgehead atoms. The van der Waals surface area contributed by atoms with Crippen LogP contribution >= 0.6 is 0 Å². The van der Waals surface area contributed by atoms with E-state index in [0.29, 0.717) is 12.8 Å². The molecule has 0 rings (SSSR count). The third-order valence-corrected chi connectivity index (χ3v) is 7.28. The van der Waals surface area contributed by atoms with Gasteiger partial charge in [0.05, 0.1) is 6.54 Å². The van der Waals surface area contributed by atoms with Gasteiger partial charge in [0.15, 0.2) is 5.78 Å². The van der Waals surface area contributed by atoms with Crippen molar-refractivity contribution in [2.24, 2.45) is 11.8 Å². The Morgan fingerprint density at radius 3 is 1.51 bits per heavy atom. The number of rotatable bonds is 27. The molecule has 0 aromatic carbocycles. The van der Waals surface area contributed by atoms with Crippen LogP contribution in [-0.2, 0) is 9.59 Å². The fourth-order valence-electron chi connectivity index (χ4n) is 5.00. The summed E-state index contributed by atoms with van der Waals surface area (Å²) in [6, 6.07) is 0. The van der Waals surface area contributed by atoms with Crippen LogP contribution in [-0.4, -0.2) is 36.6 Å². The Morgan fingerprint density at radius 2 is 1.09 bits per heavy atom. The molecule has 2 unspecified atom stereocenters. The van der Waals surface area contributed by atoms with Crippen LogP contribution < -0.4 is 10.4 Å². The molecule has 0 saturated heterocycles. The number of aliphatic hydroxyl groups excluding tert-OH is 1. The molecular weight excluding hydrogens is 438 g/mol. The highest BCUT2D eigenvalue weighted by Crippen LogP contribution is 2.23. The number of nitrogens with two attached hydrogens (primary N) is 1. The zero-order valence-electron chi connectivity index (χ0n) is 23.4. The second-order valence-electron chi connectivity index (χ2n) is 10.5. The Morgan fingerprint density at radius 1 is 0.657 bits per heavy atom. The number of amides is 1. The molecule has 5 nitrogen and oxygen atoms in total. The van der Waals surface area contributed by atoms with Crippen molar-refractivity contribution in [1.82, 2.24) is 0 Å². The molecule has 1 amide bonds. The fraction of sp³-hybridized carbons (Fsp3) is 0.933. The highest BCUT2D eigenvalue weighted by atomic mass is 16.3. The molecule has 35 heavy (non-hydrogen) atoms. The van der Waals surface area contributed by atoms with Gasteiger partial charge >= 0.3 is 5.91 Å². The van der Waals surface area contributed by atoms with Gasteiger partial charge in [0.2, 0.25) is 0 Å². The topological polar surface area (TPSA) is 94.0 Å². The summed E-state index contributed by atoms with van der Waals surface area (Å²) in [5.74, 6) is -1.02. The van der Waals surface area contributed by atoms with Gasteiger partial charge in [0, 0.05) is 12.5 Å². The highest BCUT2D eigenvalue weighted by molar-refractivity contribution is 5.98. The van der Waals surface area contributed by atoms with Crippen molar-refractivity contribution in [3.8, 4) is 0 Å². The Balaban J connectivity index is 4.49. The minimum absolute atomic E-state index is 0.00469. The van der Waals surface area contributed by atoms with Crippen LogP contribution in [0.3, 0.4) is 0 Å². The van der Waals surface area contributed by atoms with Gasteiger partial charge in [0.25, 0.3) is 0 Å². The van der Waals surface area contributed by atoms with Gasteiger partial charge < -0.3 is 10.2 Å². The highest BCUT2D eigenvalue weighted by Gasteiger charge is 2.33. The van der Waals surface area contributed by atoms with Crippen molar-refractivity contribution in [3.63, 3.8) is 0 Å². The number of hydrogen-bond acceptors (Lipinski definition) is 4. The summed E-state index contributed by atoms with van der Waals surface area (Å²) >= 11 is 0. The van der Waals surface area contributed by atoms with Crippen LogP contribution in [0, 0.1) is 11.8 Å². The SMILES string of the molecule is CCCCCCCCCCCCC(C(=O)[NH2+]CC[O-])C(=O)C(CCO)CCCCCCCCCC. The molecule has 5 heteroatoms. The summed E-state index contributed by atoms with van der Waals surface area (Å²) in [5.41, 5.74) is 0. The van der Waals surface area contributed by atoms with Gasteiger partial charge in [-0.05, 0) is 19.3 Å². The normalized spacial score (nSPS) is 13.1. The third kappa shape index (κ3) is 20.0. The van der Waals surface area contributed by atoms with Gasteiger partial charge in [0.1, 0.15) is 5.92 Å². The maximum atomic E-state index is 13.3. The van der Waals surface area contributed by atoms with Gasteiger partial charge in [-0.25, -0.2) is 4.79 Å². The second-order valence-corrected chi connectivity index (χ2v) is 10.5. The molecule has 0 aliphatic rings. The van der Waals surface area contributed by atoms with Crippen LogP contribution in [0.5, 0.6) is 0 Å². The first-order chi connectivity index (χ1) is 17.1. The van der Waals surface area contributed by atoms with E-state index in [4.69, 9.17) is 0 Å². The Hall–Kier alpha value is -0.780. The monoisotopic (exact) mass is 497 g/mol. The Labute approximate surface area is 217 Å². The Kier molecular flexibility index (Phi) is 25.7. The summed E-state index contributed by atoms with van der Waals surface area (Å²) in [6.45, 7) is 4.33. The van der Waals surface area contributed by atoms with E-state index in [1.165, 1.54) is 88.8 Å². The van der Waals surface area contributed by atoms with E-state index in [-0.39, 0.29) is 37.4 Å².